The maximum atomic E-state index is 10.8. The molecule has 0 N–H and O–H groups in total. The molecule has 0 aliphatic rings. The molecule has 2 rings (SSSR count). The number of ether oxygens (including phenoxy) is 1. The van der Waals surface area contributed by atoms with Crippen molar-refractivity contribution in [3.63, 3.8) is 0 Å². The molecule has 65 valence electrons. The van der Waals surface area contributed by atoms with Crippen LogP contribution in [0.5, 0.6) is 5.75 Å². The molecule has 3 heteroatoms. The predicted octanol–water partition coefficient (Wildman–Crippen LogP) is 1.60. The number of benzene rings is 1. The van der Waals surface area contributed by atoms with Crippen LogP contribution in [0.2, 0.25) is 0 Å². The van der Waals surface area contributed by atoms with Crippen LogP contribution < -0.4 is 10.4 Å². The van der Waals surface area contributed by atoms with Gasteiger partial charge in [-0.25, -0.2) is 4.79 Å². The fourth-order valence-electron chi connectivity index (χ4n) is 1.11. The molecular weight excluding hydrogens is 168 g/mol. The molecule has 0 atom stereocenters. The second kappa shape index (κ2) is 2.94. The summed E-state index contributed by atoms with van der Waals surface area (Å²) < 4.78 is 9.92. The lowest BCUT2D eigenvalue weighted by Crippen LogP contribution is -1.94. The van der Waals surface area contributed by atoms with Crippen molar-refractivity contribution in [1.82, 2.24) is 0 Å². The Morgan fingerprint density at radius 2 is 2.31 bits per heavy atom. The molecule has 13 heavy (non-hydrogen) atoms. The SMILES string of the molecule is COc1ccc2[c]cc(=O)oc2c1. The van der Waals surface area contributed by atoms with Crippen molar-refractivity contribution in [2.45, 2.75) is 0 Å². The van der Waals surface area contributed by atoms with Crippen LogP contribution in [0, 0.1) is 6.07 Å². The summed E-state index contributed by atoms with van der Waals surface area (Å²) in [5, 5.41) is 0.764. The molecule has 1 radical (unpaired) electrons. The molecule has 0 aliphatic heterocycles. The first-order valence-corrected chi connectivity index (χ1v) is 3.79. The second-order valence-corrected chi connectivity index (χ2v) is 2.57. The lowest BCUT2D eigenvalue weighted by molar-refractivity contribution is 0.414. The van der Waals surface area contributed by atoms with Crippen LogP contribution in [0.3, 0.4) is 0 Å². The molecule has 0 amide bonds. The highest BCUT2D eigenvalue weighted by molar-refractivity contribution is 5.77. The van der Waals surface area contributed by atoms with E-state index in [9.17, 15) is 4.79 Å². The fraction of sp³-hybridized carbons (Fsp3) is 0.100. The summed E-state index contributed by atoms with van der Waals surface area (Å²) in [6.45, 7) is 0. The second-order valence-electron chi connectivity index (χ2n) is 2.57. The molecule has 0 saturated heterocycles. The van der Waals surface area contributed by atoms with Gasteiger partial charge in [-0.3, -0.25) is 0 Å². The van der Waals surface area contributed by atoms with E-state index in [4.69, 9.17) is 9.15 Å². The Hall–Kier alpha value is -1.77. The molecule has 2 aromatic rings. The average Bonchev–Trinajstić information content (AvgIpc) is 2.16. The third-order valence-electron chi connectivity index (χ3n) is 1.74. The third kappa shape index (κ3) is 1.40. The smallest absolute Gasteiger partial charge is 0.336 e. The van der Waals surface area contributed by atoms with Gasteiger partial charge in [-0.05, 0) is 12.1 Å². The van der Waals surface area contributed by atoms with Crippen LogP contribution in [0.4, 0.5) is 0 Å². The van der Waals surface area contributed by atoms with Crippen molar-refractivity contribution in [2.24, 2.45) is 0 Å². The van der Waals surface area contributed by atoms with Gasteiger partial charge >= 0.3 is 5.63 Å². The standard InChI is InChI=1S/C10H7O3/c1-12-8-4-2-7-3-5-10(11)13-9(7)6-8/h2,4-6H,1H3. The summed E-state index contributed by atoms with van der Waals surface area (Å²) in [4.78, 5) is 10.8. The molecule has 1 aromatic heterocycles. The van der Waals surface area contributed by atoms with E-state index < -0.39 is 5.63 Å². The van der Waals surface area contributed by atoms with Crippen LogP contribution >= 0.6 is 0 Å². The maximum absolute atomic E-state index is 10.8. The molecule has 0 fully saturated rings. The number of hydrogen-bond acceptors (Lipinski definition) is 3. The van der Waals surface area contributed by atoms with E-state index in [0.717, 1.165) is 5.39 Å². The number of fused-ring (bicyclic) bond motifs is 1. The van der Waals surface area contributed by atoms with E-state index in [-0.39, 0.29) is 0 Å². The zero-order chi connectivity index (χ0) is 9.26. The van der Waals surface area contributed by atoms with E-state index in [1.54, 1.807) is 25.3 Å². The molecular formula is C10H7O3. The number of methoxy groups -OCH3 is 1. The first-order chi connectivity index (χ1) is 6.29. The highest BCUT2D eigenvalue weighted by Gasteiger charge is 1.98. The lowest BCUT2D eigenvalue weighted by atomic mass is 10.2. The molecule has 1 heterocycles. The summed E-state index contributed by atoms with van der Waals surface area (Å²) in [5.41, 5.74) is 0.0904. The van der Waals surface area contributed by atoms with Gasteiger partial charge in [0.1, 0.15) is 11.3 Å². The summed E-state index contributed by atoms with van der Waals surface area (Å²) in [5.74, 6) is 0.662. The number of rotatable bonds is 1. The van der Waals surface area contributed by atoms with Crippen LogP contribution in [-0.4, -0.2) is 7.11 Å². The Balaban J connectivity index is 2.75. The summed E-state index contributed by atoms with van der Waals surface area (Å²) in [6.07, 6.45) is 0. The minimum absolute atomic E-state index is 0.402. The molecule has 1 aromatic carbocycles. The molecule has 0 aliphatic carbocycles. The Kier molecular flexibility index (Phi) is 1.77. The van der Waals surface area contributed by atoms with Crippen molar-refractivity contribution in [1.29, 1.82) is 0 Å². The largest absolute Gasteiger partial charge is 0.497 e. The monoisotopic (exact) mass is 175 g/mol. The highest BCUT2D eigenvalue weighted by atomic mass is 16.5. The topological polar surface area (TPSA) is 39.4 Å². The van der Waals surface area contributed by atoms with Gasteiger partial charge in [-0.1, -0.05) is 0 Å². The van der Waals surface area contributed by atoms with E-state index in [1.807, 2.05) is 0 Å². The van der Waals surface area contributed by atoms with E-state index in [2.05, 4.69) is 6.07 Å². The van der Waals surface area contributed by atoms with E-state index in [1.165, 1.54) is 6.07 Å². The quantitative estimate of drug-likeness (QED) is 0.618. The zero-order valence-electron chi connectivity index (χ0n) is 7.03. The van der Waals surface area contributed by atoms with Crippen LogP contribution in [0.25, 0.3) is 11.0 Å². The predicted molar refractivity (Wildman–Crippen MR) is 47.9 cm³/mol. The van der Waals surface area contributed by atoms with Crippen LogP contribution in [-0.2, 0) is 0 Å². The Morgan fingerprint density at radius 1 is 1.46 bits per heavy atom. The Bertz CT molecular complexity index is 485. The van der Waals surface area contributed by atoms with Gasteiger partial charge in [0.05, 0.1) is 7.11 Å². The minimum atomic E-state index is -0.402. The van der Waals surface area contributed by atoms with Gasteiger partial charge < -0.3 is 9.15 Å². The summed E-state index contributed by atoms with van der Waals surface area (Å²) in [6, 6.07) is 9.32. The van der Waals surface area contributed by atoms with Gasteiger partial charge in [0.25, 0.3) is 0 Å². The number of hydrogen-bond donors (Lipinski definition) is 0. The highest BCUT2D eigenvalue weighted by Crippen LogP contribution is 2.18. The first-order valence-electron chi connectivity index (χ1n) is 3.79. The molecule has 0 spiro atoms. The Morgan fingerprint density at radius 3 is 3.08 bits per heavy atom. The fourth-order valence-corrected chi connectivity index (χ4v) is 1.11. The first kappa shape index (κ1) is 7.86. The van der Waals surface area contributed by atoms with Crippen molar-refractivity contribution < 1.29 is 9.15 Å². The third-order valence-corrected chi connectivity index (χ3v) is 1.74. The van der Waals surface area contributed by atoms with Gasteiger partial charge in [0, 0.05) is 23.6 Å². The van der Waals surface area contributed by atoms with Gasteiger partial charge in [-0.2, -0.15) is 0 Å². The maximum Gasteiger partial charge on any atom is 0.336 e. The molecule has 0 saturated carbocycles. The average molecular weight is 175 g/mol. The Labute approximate surface area is 74.6 Å². The lowest BCUT2D eigenvalue weighted by Gasteiger charge is -1.99. The zero-order valence-corrected chi connectivity index (χ0v) is 7.03. The van der Waals surface area contributed by atoms with Crippen molar-refractivity contribution in [3.05, 3.63) is 40.8 Å². The summed E-state index contributed by atoms with van der Waals surface area (Å²) >= 11 is 0. The van der Waals surface area contributed by atoms with Gasteiger partial charge in [0.15, 0.2) is 0 Å². The van der Waals surface area contributed by atoms with Crippen molar-refractivity contribution in [2.75, 3.05) is 7.11 Å². The van der Waals surface area contributed by atoms with Crippen LogP contribution in [0.15, 0.2) is 33.5 Å². The summed E-state index contributed by atoms with van der Waals surface area (Å²) in [7, 11) is 1.56. The van der Waals surface area contributed by atoms with Crippen LogP contribution in [0.1, 0.15) is 0 Å². The van der Waals surface area contributed by atoms with E-state index in [0.29, 0.717) is 11.3 Å². The van der Waals surface area contributed by atoms with E-state index >= 15 is 0 Å². The molecule has 0 bridgehead atoms. The normalized spacial score (nSPS) is 10.2. The van der Waals surface area contributed by atoms with Gasteiger partial charge in [-0.15, -0.1) is 0 Å². The van der Waals surface area contributed by atoms with Gasteiger partial charge in [0.2, 0.25) is 0 Å². The minimum Gasteiger partial charge on any atom is -0.497 e. The van der Waals surface area contributed by atoms with Crippen molar-refractivity contribution in [3.8, 4) is 5.75 Å². The molecule has 0 unspecified atom stereocenters. The van der Waals surface area contributed by atoms with Crippen molar-refractivity contribution >= 4 is 11.0 Å². The molecule has 3 nitrogen and oxygen atoms in total.